The van der Waals surface area contributed by atoms with E-state index in [0.717, 1.165) is 29.8 Å². The summed E-state index contributed by atoms with van der Waals surface area (Å²) >= 11 is 0. The zero-order valence-corrected chi connectivity index (χ0v) is 16.6. The summed E-state index contributed by atoms with van der Waals surface area (Å²) in [7, 11) is 0. The Labute approximate surface area is 175 Å². The Morgan fingerprint density at radius 2 is 2.13 bits per heavy atom. The van der Waals surface area contributed by atoms with Crippen molar-refractivity contribution < 1.29 is 14.3 Å². The highest BCUT2D eigenvalue weighted by molar-refractivity contribution is 6.10. The number of ether oxygens (including phenoxy) is 1. The molecular formula is C23H24N4O3. The maximum absolute atomic E-state index is 12.7. The quantitative estimate of drug-likeness (QED) is 0.792. The number of rotatable bonds is 5. The van der Waals surface area contributed by atoms with E-state index >= 15 is 0 Å². The van der Waals surface area contributed by atoms with E-state index in [4.69, 9.17) is 4.74 Å². The van der Waals surface area contributed by atoms with Gasteiger partial charge in [0.2, 0.25) is 0 Å². The van der Waals surface area contributed by atoms with Crippen molar-refractivity contribution in [2.75, 3.05) is 24.6 Å². The molecule has 30 heavy (non-hydrogen) atoms. The Bertz CT molecular complexity index is 962. The molecule has 1 saturated heterocycles. The molecule has 2 aromatic rings. The Morgan fingerprint density at radius 1 is 1.30 bits per heavy atom. The molecule has 2 aliphatic heterocycles. The largest absolute Gasteiger partial charge is 0.367 e. The molecule has 2 N–H and O–H groups in total. The van der Waals surface area contributed by atoms with E-state index in [2.05, 4.69) is 16.7 Å². The van der Waals surface area contributed by atoms with Crippen LogP contribution >= 0.6 is 0 Å². The predicted octanol–water partition coefficient (Wildman–Crippen LogP) is 1.78. The molecule has 2 heterocycles. The number of hydrogen-bond donors (Lipinski definition) is 2. The van der Waals surface area contributed by atoms with E-state index in [0.29, 0.717) is 31.7 Å². The number of anilines is 1. The van der Waals surface area contributed by atoms with Crippen LogP contribution in [0.2, 0.25) is 0 Å². The van der Waals surface area contributed by atoms with E-state index in [1.807, 2.05) is 48.5 Å². The summed E-state index contributed by atoms with van der Waals surface area (Å²) in [6.45, 7) is 2.29. The van der Waals surface area contributed by atoms with Crippen molar-refractivity contribution in [1.29, 1.82) is 5.26 Å². The molecule has 0 radical (unpaired) electrons. The van der Waals surface area contributed by atoms with Crippen molar-refractivity contribution in [2.45, 2.75) is 31.5 Å². The third-order valence-electron chi connectivity index (χ3n) is 5.39. The van der Waals surface area contributed by atoms with Crippen molar-refractivity contribution in [3.8, 4) is 6.07 Å². The van der Waals surface area contributed by atoms with Crippen LogP contribution in [0.3, 0.4) is 0 Å². The number of carbonyl (C=O) groups excluding carboxylic acids is 2. The number of hydrogen-bond acceptors (Lipinski definition) is 5. The highest BCUT2D eigenvalue weighted by Gasteiger charge is 2.29. The number of nitriles is 1. The van der Waals surface area contributed by atoms with Crippen molar-refractivity contribution >= 4 is 17.5 Å². The van der Waals surface area contributed by atoms with Crippen LogP contribution in [0.25, 0.3) is 0 Å². The first kappa shape index (κ1) is 20.1. The zero-order valence-electron chi connectivity index (χ0n) is 16.6. The van der Waals surface area contributed by atoms with Crippen molar-refractivity contribution in [2.24, 2.45) is 0 Å². The van der Waals surface area contributed by atoms with E-state index < -0.39 is 12.1 Å². The molecule has 0 bridgehead atoms. The van der Waals surface area contributed by atoms with Gasteiger partial charge >= 0.3 is 0 Å². The van der Waals surface area contributed by atoms with E-state index in [1.165, 1.54) is 0 Å². The molecule has 0 aliphatic carbocycles. The Morgan fingerprint density at radius 3 is 2.93 bits per heavy atom. The van der Waals surface area contributed by atoms with Gasteiger partial charge in [-0.15, -0.1) is 0 Å². The molecule has 7 nitrogen and oxygen atoms in total. The number of para-hydroxylation sites is 1. The fraction of sp³-hybridized carbons (Fsp3) is 0.348. The monoisotopic (exact) mass is 404 g/mol. The smallest absolute Gasteiger partial charge is 0.258 e. The van der Waals surface area contributed by atoms with Gasteiger partial charge in [0, 0.05) is 30.8 Å². The van der Waals surface area contributed by atoms with E-state index in [-0.39, 0.29) is 11.8 Å². The first-order valence-electron chi connectivity index (χ1n) is 10.2. The standard InChI is InChI=1S/C23H24N4O3/c24-13-18(26-22(28)21-14-25-9-4-10-30-21)12-16-7-8-20-17(11-16)15-27(23(20)29)19-5-2-1-3-6-19/h1-3,5-8,11,18,21,25H,4,9-10,12,14-15H2,(H,26,28)/t18-,21-/m0/s1. The van der Waals surface area contributed by atoms with Crippen LogP contribution in [0, 0.1) is 11.3 Å². The minimum absolute atomic E-state index is 0.0223. The maximum atomic E-state index is 12.7. The van der Waals surface area contributed by atoms with Crippen molar-refractivity contribution in [1.82, 2.24) is 10.6 Å². The highest BCUT2D eigenvalue weighted by Crippen LogP contribution is 2.29. The average molecular weight is 404 g/mol. The predicted molar refractivity (Wildman–Crippen MR) is 112 cm³/mol. The lowest BCUT2D eigenvalue weighted by atomic mass is 10.0. The SMILES string of the molecule is N#C[C@H](Cc1ccc2c(c1)CN(c1ccccc1)C2=O)NC(=O)[C@@H]1CNCCCO1. The second-order valence-corrected chi connectivity index (χ2v) is 7.53. The van der Waals surface area contributed by atoms with Gasteiger partial charge in [0.25, 0.3) is 11.8 Å². The van der Waals surface area contributed by atoms with Crippen molar-refractivity contribution in [3.63, 3.8) is 0 Å². The Hall–Kier alpha value is -3.21. The minimum Gasteiger partial charge on any atom is -0.367 e. The van der Waals surface area contributed by atoms with Crippen LogP contribution in [-0.2, 0) is 22.5 Å². The highest BCUT2D eigenvalue weighted by atomic mass is 16.5. The first-order chi connectivity index (χ1) is 14.7. The van der Waals surface area contributed by atoms with Gasteiger partial charge in [0.05, 0.1) is 12.6 Å². The van der Waals surface area contributed by atoms with Gasteiger partial charge in [-0.1, -0.05) is 30.3 Å². The summed E-state index contributed by atoms with van der Waals surface area (Å²) < 4.78 is 5.56. The van der Waals surface area contributed by atoms with Gasteiger partial charge in [-0.3, -0.25) is 9.59 Å². The Kier molecular flexibility index (Phi) is 6.07. The fourth-order valence-corrected chi connectivity index (χ4v) is 3.83. The summed E-state index contributed by atoms with van der Waals surface area (Å²) in [5, 5.41) is 15.5. The third-order valence-corrected chi connectivity index (χ3v) is 5.39. The number of nitrogens with zero attached hydrogens (tertiary/aromatic N) is 2. The summed E-state index contributed by atoms with van der Waals surface area (Å²) in [5.41, 5.74) is 3.38. The molecule has 2 aromatic carbocycles. The van der Waals surface area contributed by atoms with Gasteiger partial charge in [0.1, 0.15) is 12.1 Å². The molecule has 4 rings (SSSR count). The first-order valence-corrected chi connectivity index (χ1v) is 10.2. The van der Waals surface area contributed by atoms with Gasteiger partial charge < -0.3 is 20.3 Å². The van der Waals surface area contributed by atoms with Crippen LogP contribution < -0.4 is 15.5 Å². The molecular weight excluding hydrogens is 380 g/mol. The molecule has 2 atom stereocenters. The lowest BCUT2D eigenvalue weighted by Gasteiger charge is -2.18. The number of fused-ring (bicyclic) bond motifs is 1. The van der Waals surface area contributed by atoms with E-state index in [1.54, 1.807) is 4.90 Å². The summed E-state index contributed by atoms with van der Waals surface area (Å²) in [5.74, 6) is -0.298. The molecule has 1 fully saturated rings. The summed E-state index contributed by atoms with van der Waals surface area (Å²) in [4.78, 5) is 26.9. The number of benzene rings is 2. The van der Waals surface area contributed by atoms with Crippen LogP contribution in [0.5, 0.6) is 0 Å². The molecule has 0 spiro atoms. The number of carbonyl (C=O) groups is 2. The molecule has 0 saturated carbocycles. The Balaban J connectivity index is 1.42. The van der Waals surface area contributed by atoms with E-state index in [9.17, 15) is 14.9 Å². The normalized spacial score (nSPS) is 19.5. The average Bonchev–Trinajstić information content (AvgIpc) is 2.94. The second kappa shape index (κ2) is 9.08. The summed E-state index contributed by atoms with van der Waals surface area (Å²) in [6, 6.07) is 16.7. The molecule has 7 heteroatoms. The fourth-order valence-electron chi connectivity index (χ4n) is 3.83. The molecule has 0 unspecified atom stereocenters. The van der Waals surface area contributed by atoms with Gasteiger partial charge in [-0.2, -0.15) is 5.26 Å². The molecule has 154 valence electrons. The van der Waals surface area contributed by atoms with Gasteiger partial charge in [-0.05, 0) is 42.3 Å². The van der Waals surface area contributed by atoms with Crippen LogP contribution in [0.1, 0.15) is 27.9 Å². The van der Waals surface area contributed by atoms with Crippen LogP contribution in [0.4, 0.5) is 5.69 Å². The van der Waals surface area contributed by atoms with Crippen LogP contribution in [-0.4, -0.2) is 43.7 Å². The van der Waals surface area contributed by atoms with Crippen molar-refractivity contribution in [3.05, 3.63) is 65.2 Å². The lowest BCUT2D eigenvalue weighted by Crippen LogP contribution is -2.46. The molecule has 0 aromatic heterocycles. The zero-order chi connectivity index (χ0) is 20.9. The maximum Gasteiger partial charge on any atom is 0.258 e. The van der Waals surface area contributed by atoms with Gasteiger partial charge in [-0.25, -0.2) is 0 Å². The topological polar surface area (TPSA) is 94.5 Å². The summed E-state index contributed by atoms with van der Waals surface area (Å²) in [6.07, 6.45) is 0.648. The van der Waals surface area contributed by atoms with Crippen LogP contribution in [0.15, 0.2) is 48.5 Å². The number of nitrogens with one attached hydrogen (secondary N) is 2. The lowest BCUT2D eigenvalue weighted by molar-refractivity contribution is -0.132. The minimum atomic E-state index is -0.662. The molecule has 2 aliphatic rings. The number of amides is 2. The second-order valence-electron chi connectivity index (χ2n) is 7.53. The van der Waals surface area contributed by atoms with Gasteiger partial charge in [0.15, 0.2) is 0 Å². The third kappa shape index (κ3) is 4.35. The molecule has 2 amide bonds.